The lowest BCUT2D eigenvalue weighted by Gasteiger charge is -2.45. The molecule has 2 fully saturated rings. The molecule has 0 spiro atoms. The Morgan fingerprint density at radius 1 is 0.806 bits per heavy atom. The Hall–Kier alpha value is -0.960. The summed E-state index contributed by atoms with van der Waals surface area (Å²) >= 11 is 0. The fourth-order valence-electron chi connectivity index (χ4n) is 3.38. The van der Waals surface area contributed by atoms with Gasteiger partial charge in [-0.3, -0.25) is 0 Å². The van der Waals surface area contributed by atoms with Gasteiger partial charge >= 0.3 is 0 Å². The van der Waals surface area contributed by atoms with Crippen molar-refractivity contribution in [2.24, 2.45) is 0 Å². The molecule has 0 aliphatic carbocycles. The van der Waals surface area contributed by atoms with Gasteiger partial charge < -0.3 is 54.7 Å². The standard InChI is InChI=1S/C20H34O11/c1-2-3-4-5-6-7-8-28-10-12-18(15(24)16(25)19(27)29-12)31-20-17(26)14(23)13(22)11(9-21)30-20/h2,6-7,11-27H,1,3-5,8-10H2/b7-6+/t11-,12-,13-,14+,15-,16-,17-,18-,19+,20-/m1/s1. The molecular weight excluding hydrogens is 416 g/mol. The van der Waals surface area contributed by atoms with Gasteiger partial charge in [-0.15, -0.1) is 6.58 Å². The summed E-state index contributed by atoms with van der Waals surface area (Å²) in [6.45, 7) is 3.11. The summed E-state index contributed by atoms with van der Waals surface area (Å²) in [5, 5.41) is 69.4. The number of hydrogen-bond acceptors (Lipinski definition) is 11. The molecule has 2 aliphatic heterocycles. The molecule has 2 saturated heterocycles. The van der Waals surface area contributed by atoms with Crippen LogP contribution in [-0.2, 0) is 18.9 Å². The van der Waals surface area contributed by atoms with E-state index in [1.54, 1.807) is 6.08 Å². The Balaban J connectivity index is 1.97. The maximum atomic E-state index is 10.4. The monoisotopic (exact) mass is 450 g/mol. The lowest BCUT2D eigenvalue weighted by molar-refractivity contribution is -0.355. The molecule has 10 atom stereocenters. The van der Waals surface area contributed by atoms with Crippen LogP contribution in [0.5, 0.6) is 0 Å². The number of aliphatic hydroxyl groups excluding tert-OH is 7. The molecule has 2 aliphatic rings. The molecule has 2 heterocycles. The SMILES string of the molecule is C=CCCC/C=C/COC[C@H]1O[C@H](O)[C@H](O)[C@@H](O)[C@@H]1O[C@H]1O[C@H](CO)[C@@H](O)[C@H](O)[C@H]1O. The van der Waals surface area contributed by atoms with Crippen LogP contribution in [0.3, 0.4) is 0 Å². The zero-order valence-corrected chi connectivity index (χ0v) is 17.2. The molecule has 0 amide bonds. The molecule has 0 unspecified atom stereocenters. The summed E-state index contributed by atoms with van der Waals surface area (Å²) in [6.07, 6.45) is -6.73. The van der Waals surface area contributed by atoms with Gasteiger partial charge in [0.25, 0.3) is 0 Å². The molecule has 0 aromatic carbocycles. The maximum Gasteiger partial charge on any atom is 0.187 e. The highest BCUT2D eigenvalue weighted by Gasteiger charge is 2.50. The van der Waals surface area contributed by atoms with Crippen molar-refractivity contribution in [3.63, 3.8) is 0 Å². The van der Waals surface area contributed by atoms with Crippen LogP contribution >= 0.6 is 0 Å². The van der Waals surface area contributed by atoms with Crippen LogP contribution in [0.15, 0.2) is 24.8 Å². The predicted molar refractivity (Wildman–Crippen MR) is 106 cm³/mol. The number of unbranched alkanes of at least 4 members (excludes halogenated alkanes) is 2. The normalized spacial score (nSPS) is 41.5. The van der Waals surface area contributed by atoms with Crippen molar-refractivity contribution in [3.05, 3.63) is 24.8 Å². The lowest BCUT2D eigenvalue weighted by Crippen LogP contribution is -2.64. The first-order valence-corrected chi connectivity index (χ1v) is 10.3. The Labute approximate surface area is 180 Å². The van der Waals surface area contributed by atoms with Gasteiger partial charge in [-0.25, -0.2) is 0 Å². The molecule has 0 saturated carbocycles. The number of allylic oxidation sites excluding steroid dienone is 2. The van der Waals surface area contributed by atoms with Crippen molar-refractivity contribution >= 4 is 0 Å². The van der Waals surface area contributed by atoms with Crippen LogP contribution in [0.25, 0.3) is 0 Å². The largest absolute Gasteiger partial charge is 0.394 e. The van der Waals surface area contributed by atoms with Crippen LogP contribution in [0.4, 0.5) is 0 Å². The Morgan fingerprint density at radius 3 is 2.23 bits per heavy atom. The van der Waals surface area contributed by atoms with Crippen molar-refractivity contribution in [2.45, 2.75) is 80.7 Å². The van der Waals surface area contributed by atoms with Gasteiger partial charge in [0.2, 0.25) is 0 Å². The van der Waals surface area contributed by atoms with E-state index in [0.29, 0.717) is 0 Å². The lowest BCUT2D eigenvalue weighted by atomic mass is 9.97. The van der Waals surface area contributed by atoms with E-state index >= 15 is 0 Å². The van der Waals surface area contributed by atoms with Crippen molar-refractivity contribution in [1.29, 1.82) is 0 Å². The van der Waals surface area contributed by atoms with E-state index in [9.17, 15) is 35.7 Å². The first kappa shape index (κ1) is 26.3. The maximum absolute atomic E-state index is 10.4. The minimum Gasteiger partial charge on any atom is -0.394 e. The van der Waals surface area contributed by atoms with Gasteiger partial charge in [-0.1, -0.05) is 18.2 Å². The molecule has 2 rings (SSSR count). The molecule has 0 aromatic heterocycles. The quantitative estimate of drug-likeness (QED) is 0.131. The third-order valence-corrected chi connectivity index (χ3v) is 5.24. The molecule has 7 N–H and O–H groups in total. The molecular formula is C20H34O11. The Kier molecular flexibility index (Phi) is 11.0. The van der Waals surface area contributed by atoms with Crippen molar-refractivity contribution in [3.8, 4) is 0 Å². The average molecular weight is 450 g/mol. The third kappa shape index (κ3) is 7.01. The van der Waals surface area contributed by atoms with E-state index in [0.717, 1.165) is 19.3 Å². The zero-order valence-electron chi connectivity index (χ0n) is 17.2. The fourth-order valence-corrected chi connectivity index (χ4v) is 3.38. The van der Waals surface area contributed by atoms with E-state index in [1.807, 2.05) is 12.2 Å². The van der Waals surface area contributed by atoms with Gasteiger partial charge in [0.15, 0.2) is 12.6 Å². The third-order valence-electron chi connectivity index (χ3n) is 5.24. The highest BCUT2D eigenvalue weighted by molar-refractivity contribution is 4.94. The second kappa shape index (κ2) is 12.9. The Morgan fingerprint density at radius 2 is 1.55 bits per heavy atom. The first-order valence-electron chi connectivity index (χ1n) is 10.3. The summed E-state index contributed by atoms with van der Waals surface area (Å²) in [4.78, 5) is 0. The molecule has 0 radical (unpaired) electrons. The molecule has 0 aromatic rings. The van der Waals surface area contributed by atoms with Crippen LogP contribution < -0.4 is 0 Å². The molecule has 31 heavy (non-hydrogen) atoms. The molecule has 0 bridgehead atoms. The van der Waals surface area contributed by atoms with Crippen molar-refractivity contribution < 1.29 is 54.7 Å². The highest BCUT2D eigenvalue weighted by atomic mass is 16.7. The van der Waals surface area contributed by atoms with Crippen LogP contribution in [0, 0.1) is 0 Å². The summed E-state index contributed by atoms with van der Waals surface area (Å²) in [5.74, 6) is 0. The zero-order chi connectivity index (χ0) is 23.0. The summed E-state index contributed by atoms with van der Waals surface area (Å²) < 4.78 is 21.6. The van der Waals surface area contributed by atoms with E-state index in [1.165, 1.54) is 0 Å². The average Bonchev–Trinajstić information content (AvgIpc) is 2.76. The number of hydrogen-bond donors (Lipinski definition) is 7. The van der Waals surface area contributed by atoms with E-state index in [-0.39, 0.29) is 13.2 Å². The number of rotatable bonds is 11. The van der Waals surface area contributed by atoms with E-state index in [2.05, 4.69) is 6.58 Å². The van der Waals surface area contributed by atoms with Gasteiger partial charge in [-0.2, -0.15) is 0 Å². The fraction of sp³-hybridized carbons (Fsp3) is 0.800. The summed E-state index contributed by atoms with van der Waals surface area (Å²) in [6, 6.07) is 0. The first-order chi connectivity index (χ1) is 14.8. The van der Waals surface area contributed by atoms with Gasteiger partial charge in [0.1, 0.15) is 48.8 Å². The smallest absolute Gasteiger partial charge is 0.187 e. The number of ether oxygens (including phenoxy) is 4. The Bertz CT molecular complexity index is 557. The van der Waals surface area contributed by atoms with Crippen molar-refractivity contribution in [1.82, 2.24) is 0 Å². The van der Waals surface area contributed by atoms with Gasteiger partial charge in [0, 0.05) is 0 Å². The van der Waals surface area contributed by atoms with Crippen LogP contribution in [-0.4, -0.2) is 117 Å². The van der Waals surface area contributed by atoms with E-state index < -0.39 is 68.0 Å². The van der Waals surface area contributed by atoms with Crippen LogP contribution in [0.1, 0.15) is 19.3 Å². The molecule has 11 heteroatoms. The molecule has 11 nitrogen and oxygen atoms in total. The highest BCUT2D eigenvalue weighted by Crippen LogP contribution is 2.28. The number of aliphatic hydroxyl groups is 7. The minimum atomic E-state index is -1.70. The topological polar surface area (TPSA) is 179 Å². The van der Waals surface area contributed by atoms with Gasteiger partial charge in [0.05, 0.1) is 19.8 Å². The van der Waals surface area contributed by atoms with Gasteiger partial charge in [-0.05, 0) is 19.3 Å². The molecule has 180 valence electrons. The summed E-state index contributed by atoms with van der Waals surface area (Å²) in [5.41, 5.74) is 0. The second-order valence-electron chi connectivity index (χ2n) is 7.57. The van der Waals surface area contributed by atoms with E-state index in [4.69, 9.17) is 18.9 Å². The summed E-state index contributed by atoms with van der Waals surface area (Å²) in [7, 11) is 0. The van der Waals surface area contributed by atoms with Crippen LogP contribution in [0.2, 0.25) is 0 Å². The minimum absolute atomic E-state index is 0.125. The van der Waals surface area contributed by atoms with Crippen molar-refractivity contribution in [2.75, 3.05) is 19.8 Å². The predicted octanol–water partition coefficient (Wildman–Crippen LogP) is -2.46. The second-order valence-corrected chi connectivity index (χ2v) is 7.57.